The van der Waals surface area contributed by atoms with Crippen LogP contribution in [0, 0.1) is 20.2 Å². The first kappa shape index (κ1) is 44.0. The first-order valence-electron chi connectivity index (χ1n) is 25.2. The highest BCUT2D eigenvalue weighted by molar-refractivity contribution is 6.85. The van der Waals surface area contributed by atoms with Crippen molar-refractivity contribution in [3.8, 4) is 39.4 Å². The first-order valence-corrected chi connectivity index (χ1v) is 25.2. The third-order valence-electron chi connectivity index (χ3n) is 14.8. The van der Waals surface area contributed by atoms with E-state index in [0.717, 1.165) is 84.3 Å². The molecule has 12 aromatic rings. The zero-order valence-corrected chi connectivity index (χ0v) is 41.7. The summed E-state index contributed by atoms with van der Waals surface area (Å²) in [5, 5.41) is 2.38. The molecule has 0 fully saturated rings. The monoisotopic (exact) mass is 940 g/mol. The standard InChI is InChI=1S/C66H53BN6/c1-45-21-19-22-46(2)64(45)67-72(50-27-13-8-14-28-50)60-38-36-51(42-62(60)73(67)52-35-37-56-55-29-15-16-32-57(55)71(61(56)43-52)63-41-49(39-40-68-63)66(3,4)5)69-44-70(59-34-18-17-33-58(59)69)65-53(47-23-9-6-10-24-47)30-20-31-54(65)48-25-11-7-12-26-48/h6-43H,1-5H3. The van der Waals surface area contributed by atoms with E-state index in [2.05, 4.69) is 289 Å². The molecule has 0 amide bonds. The van der Waals surface area contributed by atoms with Crippen LogP contribution in [0.2, 0.25) is 0 Å². The largest absolute Gasteiger partial charge is 0.421 e. The number of aryl methyl sites for hydroxylation is 2. The maximum absolute atomic E-state index is 5.07. The number of anilines is 4. The summed E-state index contributed by atoms with van der Waals surface area (Å²) < 4.78 is 6.88. The van der Waals surface area contributed by atoms with E-state index in [9.17, 15) is 0 Å². The molecule has 0 N–H and O–H groups in total. The second-order valence-corrected chi connectivity index (χ2v) is 20.3. The van der Waals surface area contributed by atoms with Crippen LogP contribution in [0.1, 0.15) is 37.5 Å². The molecule has 6 nitrogen and oxygen atoms in total. The lowest BCUT2D eigenvalue weighted by Gasteiger charge is -2.32. The van der Waals surface area contributed by atoms with E-state index >= 15 is 0 Å². The summed E-state index contributed by atoms with van der Waals surface area (Å²) in [6, 6.07) is 81.4. The van der Waals surface area contributed by atoms with Gasteiger partial charge in [-0.2, -0.15) is 0 Å². The van der Waals surface area contributed by atoms with Crippen LogP contribution in [0.25, 0.3) is 72.3 Å². The molecule has 4 heterocycles. The summed E-state index contributed by atoms with van der Waals surface area (Å²) in [4.78, 5) is 10.2. The summed E-state index contributed by atoms with van der Waals surface area (Å²) in [6.07, 6.45) is 5.92. The Labute approximate surface area is 427 Å². The zero-order chi connectivity index (χ0) is 49.4. The van der Waals surface area contributed by atoms with Crippen LogP contribution in [-0.4, -0.2) is 21.1 Å². The third-order valence-corrected chi connectivity index (χ3v) is 14.8. The number of hydrogen-bond donors (Lipinski definition) is 0. The molecule has 0 spiro atoms. The molecule has 0 radical (unpaired) electrons. The molecular formula is C66H53BN6. The Morgan fingerprint density at radius 2 is 1.07 bits per heavy atom. The fourth-order valence-corrected chi connectivity index (χ4v) is 11.3. The Balaban J connectivity index is 1.07. The molecule has 3 aromatic heterocycles. The van der Waals surface area contributed by atoms with Crippen molar-refractivity contribution >= 4 is 68.0 Å². The predicted molar refractivity (Wildman–Crippen MR) is 304 cm³/mol. The van der Waals surface area contributed by atoms with Gasteiger partial charge in [0.05, 0.1) is 44.8 Å². The predicted octanol–water partition coefficient (Wildman–Crippen LogP) is 15.1. The molecule has 0 bridgehead atoms. The second kappa shape index (κ2) is 17.4. The van der Waals surface area contributed by atoms with Crippen LogP contribution < -0.4 is 19.7 Å². The molecule has 7 heteroatoms. The number of para-hydroxylation sites is 5. The molecule has 350 valence electrons. The maximum atomic E-state index is 5.07. The molecule has 0 unspecified atom stereocenters. The average Bonchev–Trinajstić information content (AvgIpc) is 4.09. The lowest BCUT2D eigenvalue weighted by molar-refractivity contribution is -0.571. The van der Waals surface area contributed by atoms with E-state index in [4.69, 9.17) is 4.98 Å². The van der Waals surface area contributed by atoms with Crippen molar-refractivity contribution in [2.75, 3.05) is 9.62 Å². The second-order valence-electron chi connectivity index (χ2n) is 20.3. The van der Waals surface area contributed by atoms with Crippen LogP contribution in [-0.2, 0) is 5.41 Å². The number of pyridine rings is 1. The quantitative estimate of drug-likeness (QED) is 0.0865. The SMILES string of the molecule is Cc1cccc(C)c1B1N(c2ccccc2)c2ccc(-n3[c-][n+](-c4c(-c5ccccc5)cccc4-c4ccccc4)c4ccccc43)cc2N1c1ccc2c3ccccc3n(-c3cc(C(C)(C)C)ccn3)c2c1. The molecule has 1 aliphatic heterocycles. The number of aromatic nitrogens is 4. The normalized spacial score (nSPS) is 12.6. The highest BCUT2D eigenvalue weighted by atomic mass is 15.3. The highest BCUT2D eigenvalue weighted by Gasteiger charge is 2.45. The molecule has 1 aliphatic rings. The van der Waals surface area contributed by atoms with Gasteiger partial charge in [-0.05, 0) is 113 Å². The van der Waals surface area contributed by atoms with E-state index in [0.29, 0.717) is 0 Å². The zero-order valence-electron chi connectivity index (χ0n) is 41.7. The summed E-state index contributed by atoms with van der Waals surface area (Å²) >= 11 is 0. The highest BCUT2D eigenvalue weighted by Crippen LogP contribution is 2.49. The van der Waals surface area contributed by atoms with Crippen molar-refractivity contribution in [1.29, 1.82) is 0 Å². The van der Waals surface area contributed by atoms with Gasteiger partial charge < -0.3 is 9.62 Å². The lowest BCUT2D eigenvalue weighted by atomic mass is 9.61. The van der Waals surface area contributed by atoms with Crippen molar-refractivity contribution in [2.45, 2.75) is 40.0 Å². The van der Waals surface area contributed by atoms with Gasteiger partial charge in [0.15, 0.2) is 0 Å². The summed E-state index contributed by atoms with van der Waals surface area (Å²) in [6.45, 7) is 11.1. The van der Waals surface area contributed by atoms with Gasteiger partial charge in [-0.25, -0.2) is 4.98 Å². The van der Waals surface area contributed by atoms with Crippen LogP contribution >= 0.6 is 0 Å². The van der Waals surface area contributed by atoms with Crippen molar-refractivity contribution in [3.63, 3.8) is 0 Å². The van der Waals surface area contributed by atoms with E-state index < -0.39 is 0 Å². The van der Waals surface area contributed by atoms with Crippen LogP contribution in [0.3, 0.4) is 0 Å². The van der Waals surface area contributed by atoms with E-state index in [1.54, 1.807) is 0 Å². The molecule has 13 rings (SSSR count). The topological polar surface area (TPSA) is 33.1 Å². The van der Waals surface area contributed by atoms with Crippen LogP contribution in [0.5, 0.6) is 0 Å². The Morgan fingerprint density at radius 1 is 0.479 bits per heavy atom. The minimum absolute atomic E-state index is 0.0463. The van der Waals surface area contributed by atoms with Gasteiger partial charge in [-0.3, -0.25) is 13.7 Å². The van der Waals surface area contributed by atoms with Gasteiger partial charge >= 0.3 is 6.98 Å². The average molecular weight is 941 g/mol. The number of nitrogens with zero attached hydrogens (tertiary/aromatic N) is 6. The minimum atomic E-state index is -0.229. The van der Waals surface area contributed by atoms with Crippen molar-refractivity contribution in [2.24, 2.45) is 0 Å². The van der Waals surface area contributed by atoms with Crippen molar-refractivity contribution < 1.29 is 4.57 Å². The maximum Gasteiger partial charge on any atom is 0.421 e. The third kappa shape index (κ3) is 7.33. The van der Waals surface area contributed by atoms with E-state index in [-0.39, 0.29) is 12.4 Å². The van der Waals surface area contributed by atoms with Gasteiger partial charge in [-0.1, -0.05) is 196 Å². The minimum Gasteiger partial charge on any atom is -0.360 e. The first-order chi connectivity index (χ1) is 35.7. The lowest BCUT2D eigenvalue weighted by Crippen LogP contribution is -2.55. The van der Waals surface area contributed by atoms with Gasteiger partial charge in [-0.15, -0.1) is 0 Å². The van der Waals surface area contributed by atoms with E-state index in [1.165, 1.54) is 32.9 Å². The molecule has 9 aromatic carbocycles. The molecule has 0 saturated heterocycles. The molecular weight excluding hydrogens is 888 g/mol. The molecule has 0 aliphatic carbocycles. The van der Waals surface area contributed by atoms with Gasteiger partial charge in [0, 0.05) is 28.3 Å². The number of fused-ring (bicyclic) bond motifs is 5. The summed E-state index contributed by atoms with van der Waals surface area (Å²) in [7, 11) is 0. The Kier molecular flexibility index (Phi) is 10.5. The number of hydrogen-bond acceptors (Lipinski definition) is 3. The van der Waals surface area contributed by atoms with Crippen LogP contribution in [0.15, 0.2) is 231 Å². The Bertz CT molecular complexity index is 3980. The van der Waals surface area contributed by atoms with Crippen molar-refractivity contribution in [1.82, 2.24) is 14.1 Å². The van der Waals surface area contributed by atoms with Gasteiger partial charge in [0.25, 0.3) is 6.33 Å². The summed E-state index contributed by atoms with van der Waals surface area (Å²) in [5.74, 6) is 0.907. The van der Waals surface area contributed by atoms with Crippen LogP contribution in [0.4, 0.5) is 22.7 Å². The molecule has 0 saturated carbocycles. The Morgan fingerprint density at radius 3 is 1.77 bits per heavy atom. The molecule has 0 atom stereocenters. The Hall–Kier alpha value is -8.94. The summed E-state index contributed by atoms with van der Waals surface area (Å²) in [5.41, 5.74) is 20.3. The fourth-order valence-electron chi connectivity index (χ4n) is 11.3. The van der Waals surface area contributed by atoms with E-state index in [1.807, 2.05) is 6.20 Å². The number of imidazole rings is 1. The van der Waals surface area contributed by atoms with Gasteiger partial charge in [0.2, 0.25) is 0 Å². The fraction of sp³-hybridized carbons (Fsp3) is 0.0909. The van der Waals surface area contributed by atoms with Crippen molar-refractivity contribution in [3.05, 3.63) is 254 Å². The molecule has 73 heavy (non-hydrogen) atoms. The smallest absolute Gasteiger partial charge is 0.360 e. The number of benzene rings is 9. The van der Waals surface area contributed by atoms with Gasteiger partial charge in [0.1, 0.15) is 5.82 Å². The number of rotatable bonds is 8.